The van der Waals surface area contributed by atoms with E-state index in [0.717, 1.165) is 19.3 Å². The molecule has 1 fully saturated rings. The summed E-state index contributed by atoms with van der Waals surface area (Å²) in [7, 11) is -0.224. The highest BCUT2D eigenvalue weighted by Crippen LogP contribution is 2.36. The van der Waals surface area contributed by atoms with Gasteiger partial charge in [0.2, 0.25) is 0 Å². The molecule has 1 rings (SSSR count). The van der Waals surface area contributed by atoms with Crippen LogP contribution in [0, 0.1) is 0 Å². The fourth-order valence-electron chi connectivity index (χ4n) is 2.36. The minimum Gasteiger partial charge on any atom is -0.400 e. The first-order chi connectivity index (χ1) is 9.43. The first-order valence-electron chi connectivity index (χ1n) is 8.13. The Kier molecular flexibility index (Phi) is 6.11. The summed E-state index contributed by atoms with van der Waals surface area (Å²) in [4.78, 5) is 0. The van der Waals surface area contributed by atoms with Crippen LogP contribution in [0.1, 0.15) is 74.7 Å². The van der Waals surface area contributed by atoms with Gasteiger partial charge in [-0.2, -0.15) is 0 Å². The first kappa shape index (κ1) is 18.7. The zero-order chi connectivity index (χ0) is 16.3. The molecule has 0 aromatic heterocycles. The lowest BCUT2D eigenvalue weighted by molar-refractivity contribution is -0.0546. The molecule has 0 radical (unpaired) electrons. The van der Waals surface area contributed by atoms with Gasteiger partial charge in [-0.25, -0.2) is 0 Å². The molecule has 0 amide bonds. The molecule has 1 atom stereocenters. The van der Waals surface area contributed by atoms with Crippen molar-refractivity contribution >= 4 is 7.12 Å². The van der Waals surface area contributed by atoms with Crippen molar-refractivity contribution in [2.45, 2.75) is 97.6 Å². The van der Waals surface area contributed by atoms with Crippen LogP contribution in [0.4, 0.5) is 0 Å². The van der Waals surface area contributed by atoms with Crippen molar-refractivity contribution in [2.24, 2.45) is 0 Å². The Morgan fingerprint density at radius 3 is 2.10 bits per heavy atom. The van der Waals surface area contributed by atoms with Gasteiger partial charge in [0, 0.05) is 0 Å². The number of hydrogen-bond donors (Lipinski definition) is 0. The van der Waals surface area contributed by atoms with Gasteiger partial charge in [0.15, 0.2) is 0 Å². The van der Waals surface area contributed by atoms with E-state index < -0.39 is 0 Å². The molecule has 1 heterocycles. The van der Waals surface area contributed by atoms with Gasteiger partial charge in [0.1, 0.15) is 0 Å². The molecule has 0 aromatic carbocycles. The standard InChI is InChI=1S/C17H33BO3/c1-14(19-15(2,3)4)12-10-9-11-13-18-20-16(5,6)17(7,8)21-18/h11,13-14H,9-10,12H2,1-8H3/b13-11+. The van der Waals surface area contributed by atoms with Crippen LogP contribution in [-0.4, -0.2) is 30.0 Å². The van der Waals surface area contributed by atoms with E-state index >= 15 is 0 Å². The Morgan fingerprint density at radius 1 is 1.10 bits per heavy atom. The average Bonchev–Trinajstić information content (AvgIpc) is 2.44. The van der Waals surface area contributed by atoms with E-state index in [1.54, 1.807) is 0 Å². The summed E-state index contributed by atoms with van der Waals surface area (Å²) in [5.74, 6) is 2.03. The molecule has 3 nitrogen and oxygen atoms in total. The third-order valence-corrected chi connectivity index (χ3v) is 4.10. The fraction of sp³-hybridized carbons (Fsp3) is 0.882. The van der Waals surface area contributed by atoms with E-state index in [1.807, 2.05) is 5.98 Å². The molecular weight excluding hydrogens is 263 g/mol. The summed E-state index contributed by atoms with van der Waals surface area (Å²) in [5.41, 5.74) is -0.563. The highest BCUT2D eigenvalue weighted by atomic mass is 16.7. The lowest BCUT2D eigenvalue weighted by atomic mass is 9.89. The Bertz CT molecular complexity index is 340. The van der Waals surface area contributed by atoms with Gasteiger partial charge in [-0.15, -0.1) is 0 Å². The number of rotatable bonds is 6. The molecule has 1 unspecified atom stereocenters. The van der Waals surface area contributed by atoms with E-state index in [2.05, 4.69) is 61.5 Å². The van der Waals surface area contributed by atoms with E-state index in [0.29, 0.717) is 6.10 Å². The molecule has 0 aliphatic carbocycles. The second-order valence-electron chi connectivity index (χ2n) is 8.02. The van der Waals surface area contributed by atoms with Gasteiger partial charge in [-0.05, 0) is 74.7 Å². The van der Waals surface area contributed by atoms with Gasteiger partial charge >= 0.3 is 7.12 Å². The normalized spacial score (nSPS) is 23.0. The van der Waals surface area contributed by atoms with Crippen molar-refractivity contribution in [3.63, 3.8) is 0 Å². The number of allylic oxidation sites excluding steroid dienone is 1. The van der Waals surface area contributed by atoms with Crippen LogP contribution in [0.25, 0.3) is 0 Å². The molecule has 4 heteroatoms. The Labute approximate surface area is 131 Å². The maximum absolute atomic E-state index is 5.92. The minimum atomic E-state index is -0.253. The Morgan fingerprint density at radius 2 is 1.62 bits per heavy atom. The Balaban J connectivity index is 2.25. The van der Waals surface area contributed by atoms with Gasteiger partial charge in [-0.3, -0.25) is 0 Å². The minimum absolute atomic E-state index is 0.0576. The molecule has 21 heavy (non-hydrogen) atoms. The summed E-state index contributed by atoms with van der Waals surface area (Å²) in [5, 5.41) is 0. The quantitative estimate of drug-likeness (QED) is 0.531. The predicted molar refractivity (Wildman–Crippen MR) is 89.4 cm³/mol. The van der Waals surface area contributed by atoms with Gasteiger partial charge in [-0.1, -0.05) is 12.1 Å². The molecular formula is C17H33BO3. The van der Waals surface area contributed by atoms with Crippen LogP contribution < -0.4 is 0 Å². The molecule has 0 bridgehead atoms. The highest BCUT2D eigenvalue weighted by molar-refractivity contribution is 6.51. The molecule has 1 saturated heterocycles. The third-order valence-electron chi connectivity index (χ3n) is 4.10. The topological polar surface area (TPSA) is 27.7 Å². The van der Waals surface area contributed by atoms with Crippen LogP contribution in [0.15, 0.2) is 12.1 Å². The van der Waals surface area contributed by atoms with Crippen molar-refractivity contribution in [1.82, 2.24) is 0 Å². The molecule has 0 N–H and O–H groups in total. The highest BCUT2D eigenvalue weighted by Gasteiger charge is 2.49. The van der Waals surface area contributed by atoms with Gasteiger partial charge in [0.05, 0.1) is 22.9 Å². The molecule has 0 aromatic rings. The van der Waals surface area contributed by atoms with Crippen LogP contribution in [-0.2, 0) is 14.0 Å². The van der Waals surface area contributed by atoms with Crippen molar-refractivity contribution in [2.75, 3.05) is 0 Å². The number of unbranched alkanes of at least 4 members (excludes halogenated alkanes) is 1. The van der Waals surface area contributed by atoms with Crippen molar-refractivity contribution in [3.05, 3.63) is 12.1 Å². The van der Waals surface area contributed by atoms with E-state index in [4.69, 9.17) is 14.0 Å². The average molecular weight is 296 g/mol. The lowest BCUT2D eigenvalue weighted by Crippen LogP contribution is -2.41. The summed E-state index contributed by atoms with van der Waals surface area (Å²) in [6.45, 7) is 16.7. The number of hydrogen-bond acceptors (Lipinski definition) is 3. The van der Waals surface area contributed by atoms with Crippen LogP contribution in [0.5, 0.6) is 0 Å². The summed E-state index contributed by atoms with van der Waals surface area (Å²) in [6.07, 6.45) is 5.68. The summed E-state index contributed by atoms with van der Waals surface area (Å²) in [6, 6.07) is 0. The van der Waals surface area contributed by atoms with Crippen LogP contribution in [0.2, 0.25) is 0 Å². The van der Waals surface area contributed by atoms with Crippen molar-refractivity contribution < 1.29 is 14.0 Å². The zero-order valence-corrected chi connectivity index (χ0v) is 15.2. The maximum Gasteiger partial charge on any atom is 0.486 e. The summed E-state index contributed by atoms with van der Waals surface area (Å²) >= 11 is 0. The van der Waals surface area contributed by atoms with Crippen LogP contribution >= 0.6 is 0 Å². The van der Waals surface area contributed by atoms with E-state index in [9.17, 15) is 0 Å². The molecule has 0 saturated carbocycles. The van der Waals surface area contributed by atoms with Gasteiger partial charge in [0.25, 0.3) is 0 Å². The van der Waals surface area contributed by atoms with E-state index in [-0.39, 0.29) is 23.9 Å². The number of ether oxygens (including phenoxy) is 1. The fourth-order valence-corrected chi connectivity index (χ4v) is 2.36. The first-order valence-corrected chi connectivity index (χ1v) is 8.13. The van der Waals surface area contributed by atoms with E-state index in [1.165, 1.54) is 0 Å². The van der Waals surface area contributed by atoms with Crippen molar-refractivity contribution in [3.8, 4) is 0 Å². The smallest absolute Gasteiger partial charge is 0.400 e. The molecule has 122 valence electrons. The maximum atomic E-state index is 5.92. The zero-order valence-electron chi connectivity index (χ0n) is 15.2. The summed E-state index contributed by atoms with van der Waals surface area (Å²) < 4.78 is 17.7. The third kappa shape index (κ3) is 6.13. The second kappa shape index (κ2) is 6.85. The largest absolute Gasteiger partial charge is 0.486 e. The second-order valence-corrected chi connectivity index (χ2v) is 8.02. The molecule has 1 aliphatic heterocycles. The van der Waals surface area contributed by atoms with Crippen molar-refractivity contribution in [1.29, 1.82) is 0 Å². The van der Waals surface area contributed by atoms with Crippen LogP contribution in [0.3, 0.4) is 0 Å². The lowest BCUT2D eigenvalue weighted by Gasteiger charge is -2.32. The molecule has 0 spiro atoms. The van der Waals surface area contributed by atoms with Gasteiger partial charge < -0.3 is 14.0 Å². The predicted octanol–water partition coefficient (Wildman–Crippen LogP) is 4.55. The molecule has 1 aliphatic rings. The Hall–Kier alpha value is -0.315. The SMILES string of the molecule is CC(CCC/C=C/B1OC(C)(C)C(C)(C)O1)OC(C)(C)C. The monoisotopic (exact) mass is 296 g/mol.